The minimum absolute atomic E-state index is 0.294. The summed E-state index contributed by atoms with van der Waals surface area (Å²) < 4.78 is 39.0. The third-order valence-electron chi connectivity index (χ3n) is 2.34. The zero-order chi connectivity index (χ0) is 12.8. The van der Waals surface area contributed by atoms with E-state index >= 15 is 0 Å². The Morgan fingerprint density at radius 2 is 1.82 bits per heavy atom. The Labute approximate surface area is 99.0 Å². The molecule has 92 valence electrons. The Morgan fingerprint density at radius 1 is 1.24 bits per heavy atom. The van der Waals surface area contributed by atoms with E-state index in [0.29, 0.717) is 18.5 Å². The molecule has 1 atom stereocenters. The maximum Gasteiger partial charge on any atom is 0.194 e. The zero-order valence-corrected chi connectivity index (χ0v) is 9.78. The van der Waals surface area contributed by atoms with Crippen molar-refractivity contribution in [2.45, 2.75) is 26.3 Å². The van der Waals surface area contributed by atoms with Gasteiger partial charge in [0.1, 0.15) is 0 Å². The van der Waals surface area contributed by atoms with Crippen LogP contribution in [0.5, 0.6) is 0 Å². The highest BCUT2D eigenvalue weighted by atomic mass is 19.2. The number of rotatable bonds is 4. The molecule has 0 saturated carbocycles. The highest BCUT2D eigenvalue weighted by Gasteiger charge is 2.16. The second-order valence-corrected chi connectivity index (χ2v) is 3.54. The van der Waals surface area contributed by atoms with Gasteiger partial charge in [-0.1, -0.05) is 6.92 Å². The number of nitrogens with one attached hydrogen (secondary N) is 1. The SMILES string of the molecule is CC#CCC(NCC)c1cc(F)c(F)c(F)c1. The maximum atomic E-state index is 13.1. The van der Waals surface area contributed by atoms with E-state index in [1.807, 2.05) is 6.92 Å². The molecule has 0 aliphatic heterocycles. The van der Waals surface area contributed by atoms with E-state index in [2.05, 4.69) is 17.2 Å². The van der Waals surface area contributed by atoms with Crippen LogP contribution in [0.1, 0.15) is 31.9 Å². The molecule has 0 amide bonds. The second-order valence-electron chi connectivity index (χ2n) is 3.54. The minimum Gasteiger partial charge on any atom is -0.309 e. The van der Waals surface area contributed by atoms with Gasteiger partial charge in [-0.15, -0.1) is 11.8 Å². The van der Waals surface area contributed by atoms with Gasteiger partial charge in [0.2, 0.25) is 0 Å². The number of hydrogen-bond acceptors (Lipinski definition) is 1. The number of halogens is 3. The van der Waals surface area contributed by atoms with Gasteiger partial charge >= 0.3 is 0 Å². The monoisotopic (exact) mass is 241 g/mol. The van der Waals surface area contributed by atoms with Crippen molar-refractivity contribution in [1.82, 2.24) is 5.32 Å². The first-order valence-corrected chi connectivity index (χ1v) is 5.37. The van der Waals surface area contributed by atoms with Crippen LogP contribution in [0.15, 0.2) is 12.1 Å². The van der Waals surface area contributed by atoms with E-state index in [1.54, 1.807) is 6.92 Å². The van der Waals surface area contributed by atoms with Gasteiger partial charge in [0.15, 0.2) is 17.5 Å². The lowest BCUT2D eigenvalue weighted by Gasteiger charge is -2.16. The summed E-state index contributed by atoms with van der Waals surface area (Å²) in [5.41, 5.74) is 0.367. The van der Waals surface area contributed by atoms with Crippen molar-refractivity contribution in [2.24, 2.45) is 0 Å². The van der Waals surface area contributed by atoms with Crippen molar-refractivity contribution >= 4 is 0 Å². The van der Waals surface area contributed by atoms with Gasteiger partial charge in [-0.25, -0.2) is 13.2 Å². The van der Waals surface area contributed by atoms with E-state index in [1.165, 1.54) is 0 Å². The van der Waals surface area contributed by atoms with Gasteiger partial charge in [-0.3, -0.25) is 0 Å². The summed E-state index contributed by atoms with van der Waals surface area (Å²) in [5, 5.41) is 3.05. The molecule has 0 aliphatic carbocycles. The normalized spacial score (nSPS) is 11.8. The number of benzene rings is 1. The molecule has 0 fully saturated rings. The Morgan fingerprint density at radius 3 is 2.29 bits per heavy atom. The van der Waals surface area contributed by atoms with E-state index in [4.69, 9.17) is 0 Å². The van der Waals surface area contributed by atoms with Crippen LogP contribution in [0.3, 0.4) is 0 Å². The average molecular weight is 241 g/mol. The fraction of sp³-hybridized carbons (Fsp3) is 0.385. The molecule has 1 rings (SSSR count). The maximum absolute atomic E-state index is 13.1. The molecule has 0 heterocycles. The predicted octanol–water partition coefficient (Wildman–Crippen LogP) is 3.17. The van der Waals surface area contributed by atoms with Gasteiger partial charge in [0.05, 0.1) is 0 Å². The third-order valence-corrected chi connectivity index (χ3v) is 2.34. The van der Waals surface area contributed by atoms with Gasteiger partial charge < -0.3 is 5.32 Å². The molecule has 0 aromatic heterocycles. The summed E-state index contributed by atoms with van der Waals surface area (Å²) in [5.74, 6) is 1.76. The van der Waals surface area contributed by atoms with Crippen molar-refractivity contribution in [2.75, 3.05) is 6.54 Å². The Hall–Kier alpha value is -1.47. The summed E-state index contributed by atoms with van der Waals surface area (Å²) in [6, 6.07) is 1.71. The van der Waals surface area contributed by atoms with Crippen LogP contribution in [0.25, 0.3) is 0 Å². The van der Waals surface area contributed by atoms with Crippen molar-refractivity contribution < 1.29 is 13.2 Å². The molecule has 0 spiro atoms. The van der Waals surface area contributed by atoms with E-state index in [9.17, 15) is 13.2 Å². The quantitative estimate of drug-likeness (QED) is 0.630. The third kappa shape index (κ3) is 3.50. The molecule has 1 aromatic rings. The fourth-order valence-electron chi connectivity index (χ4n) is 1.53. The molecule has 17 heavy (non-hydrogen) atoms. The van der Waals surface area contributed by atoms with Gasteiger partial charge in [0.25, 0.3) is 0 Å². The van der Waals surface area contributed by atoms with Crippen molar-refractivity contribution in [3.05, 3.63) is 35.1 Å². The first-order chi connectivity index (χ1) is 8.10. The molecule has 1 unspecified atom stereocenters. The average Bonchev–Trinajstić information content (AvgIpc) is 2.31. The first kappa shape index (κ1) is 13.6. The van der Waals surface area contributed by atoms with Crippen molar-refractivity contribution in [1.29, 1.82) is 0 Å². The van der Waals surface area contributed by atoms with Crippen LogP contribution in [-0.4, -0.2) is 6.54 Å². The molecule has 0 bridgehead atoms. The predicted molar refractivity (Wildman–Crippen MR) is 60.8 cm³/mol. The largest absolute Gasteiger partial charge is 0.309 e. The highest BCUT2D eigenvalue weighted by molar-refractivity contribution is 5.24. The molecule has 1 nitrogen and oxygen atoms in total. The summed E-state index contributed by atoms with van der Waals surface area (Å²) in [6.07, 6.45) is 0.425. The smallest absolute Gasteiger partial charge is 0.194 e. The van der Waals surface area contributed by atoms with Crippen LogP contribution in [0, 0.1) is 29.3 Å². The van der Waals surface area contributed by atoms with E-state index in [-0.39, 0.29) is 6.04 Å². The van der Waals surface area contributed by atoms with Crippen molar-refractivity contribution in [3.8, 4) is 11.8 Å². The topological polar surface area (TPSA) is 12.0 Å². The highest BCUT2D eigenvalue weighted by Crippen LogP contribution is 2.21. The zero-order valence-electron chi connectivity index (χ0n) is 9.78. The van der Waals surface area contributed by atoms with E-state index < -0.39 is 17.5 Å². The molecular weight excluding hydrogens is 227 g/mol. The fourth-order valence-corrected chi connectivity index (χ4v) is 1.53. The molecular formula is C13H14F3N. The van der Waals surface area contributed by atoms with Crippen LogP contribution < -0.4 is 5.32 Å². The number of hydrogen-bond donors (Lipinski definition) is 1. The second kappa shape index (κ2) is 6.31. The summed E-state index contributed by atoms with van der Waals surface area (Å²) in [6.45, 7) is 4.20. The Kier molecular flexibility index (Phi) is 5.05. The van der Waals surface area contributed by atoms with Crippen molar-refractivity contribution in [3.63, 3.8) is 0 Å². The van der Waals surface area contributed by atoms with Gasteiger partial charge in [-0.2, -0.15) is 0 Å². The molecule has 1 N–H and O–H groups in total. The first-order valence-electron chi connectivity index (χ1n) is 5.37. The summed E-state index contributed by atoms with van der Waals surface area (Å²) >= 11 is 0. The molecule has 1 aromatic carbocycles. The lowest BCUT2D eigenvalue weighted by atomic mass is 10.0. The Bertz CT molecular complexity index is 423. The lowest BCUT2D eigenvalue weighted by Crippen LogP contribution is -2.21. The minimum atomic E-state index is -1.44. The van der Waals surface area contributed by atoms with Crippen LogP contribution in [-0.2, 0) is 0 Å². The Balaban J connectivity index is 3.03. The summed E-state index contributed by atoms with van der Waals surface area (Å²) in [4.78, 5) is 0. The van der Waals surface area contributed by atoms with Gasteiger partial charge in [-0.05, 0) is 31.2 Å². The van der Waals surface area contributed by atoms with Crippen LogP contribution in [0.4, 0.5) is 13.2 Å². The molecule has 0 aliphatic rings. The van der Waals surface area contributed by atoms with E-state index in [0.717, 1.165) is 12.1 Å². The molecule has 4 heteroatoms. The standard InChI is InChI=1S/C13H14F3N/c1-3-5-6-12(17-4-2)9-7-10(14)13(16)11(15)8-9/h7-8,12,17H,4,6H2,1-2H3. The van der Waals surface area contributed by atoms with Crippen LogP contribution >= 0.6 is 0 Å². The lowest BCUT2D eigenvalue weighted by molar-refractivity contribution is 0.440. The summed E-state index contributed by atoms with van der Waals surface area (Å²) in [7, 11) is 0. The van der Waals surface area contributed by atoms with Gasteiger partial charge in [0, 0.05) is 12.5 Å². The molecule has 0 saturated heterocycles. The molecule has 0 radical (unpaired) electrons. The van der Waals surface area contributed by atoms with Crippen LogP contribution in [0.2, 0.25) is 0 Å².